The van der Waals surface area contributed by atoms with Gasteiger partial charge < -0.3 is 20.5 Å². The van der Waals surface area contributed by atoms with E-state index in [-0.39, 0.29) is 12.5 Å². The first-order valence-corrected chi connectivity index (χ1v) is 6.51. The van der Waals surface area contributed by atoms with Crippen molar-refractivity contribution in [3.63, 3.8) is 0 Å². The van der Waals surface area contributed by atoms with E-state index in [0.717, 1.165) is 19.4 Å². The first-order valence-electron chi connectivity index (χ1n) is 6.51. The lowest BCUT2D eigenvalue weighted by atomic mass is 9.99. The predicted octanol–water partition coefficient (Wildman–Crippen LogP) is 1.23. The molecule has 3 N–H and O–H groups in total. The van der Waals surface area contributed by atoms with Crippen LogP contribution in [-0.2, 0) is 9.59 Å². The van der Waals surface area contributed by atoms with Crippen LogP contribution >= 0.6 is 0 Å². The second-order valence-electron chi connectivity index (χ2n) is 5.02. The number of rotatable bonds is 5. The van der Waals surface area contributed by atoms with Crippen LogP contribution < -0.4 is 15.4 Å². The second kappa shape index (κ2) is 5.92. The molecule has 6 nitrogen and oxygen atoms in total. The number of hydrogen-bond donors (Lipinski definition) is 3. The number of benzene rings is 1. The summed E-state index contributed by atoms with van der Waals surface area (Å²) < 4.78 is 5.02. The minimum absolute atomic E-state index is 0.0609. The highest BCUT2D eigenvalue weighted by Gasteiger charge is 2.35. The van der Waals surface area contributed by atoms with Crippen molar-refractivity contribution < 1.29 is 19.4 Å². The van der Waals surface area contributed by atoms with Crippen molar-refractivity contribution in [2.75, 3.05) is 18.5 Å². The van der Waals surface area contributed by atoms with Gasteiger partial charge in [0, 0.05) is 5.69 Å². The number of aliphatic carboxylic acids is 1. The molecule has 0 aromatic heterocycles. The molecule has 1 aliphatic heterocycles. The van der Waals surface area contributed by atoms with Gasteiger partial charge in [-0.15, -0.1) is 0 Å². The first kappa shape index (κ1) is 14.3. The van der Waals surface area contributed by atoms with E-state index in [4.69, 9.17) is 9.84 Å². The predicted molar refractivity (Wildman–Crippen MR) is 73.8 cm³/mol. The average molecular weight is 278 g/mol. The molecular weight excluding hydrogens is 260 g/mol. The number of carbonyl (C=O) groups excluding carboxylic acids is 1. The monoisotopic (exact) mass is 278 g/mol. The molecule has 0 radical (unpaired) electrons. The Morgan fingerprint density at radius 2 is 2.10 bits per heavy atom. The van der Waals surface area contributed by atoms with Crippen molar-refractivity contribution in [1.82, 2.24) is 5.32 Å². The van der Waals surface area contributed by atoms with Gasteiger partial charge >= 0.3 is 5.97 Å². The van der Waals surface area contributed by atoms with Gasteiger partial charge in [-0.3, -0.25) is 4.79 Å². The number of nitrogens with one attached hydrogen (secondary N) is 2. The Morgan fingerprint density at radius 1 is 1.40 bits per heavy atom. The van der Waals surface area contributed by atoms with Gasteiger partial charge in [-0.1, -0.05) is 0 Å². The van der Waals surface area contributed by atoms with Gasteiger partial charge in [0.25, 0.3) is 0 Å². The molecular formula is C14H18N2O4. The van der Waals surface area contributed by atoms with Crippen molar-refractivity contribution >= 4 is 17.6 Å². The van der Waals surface area contributed by atoms with Crippen molar-refractivity contribution in [2.24, 2.45) is 0 Å². The molecule has 1 aromatic carbocycles. The van der Waals surface area contributed by atoms with Crippen LogP contribution in [0.15, 0.2) is 24.3 Å². The molecule has 1 fully saturated rings. The van der Waals surface area contributed by atoms with Crippen molar-refractivity contribution in [3.05, 3.63) is 24.3 Å². The summed E-state index contributed by atoms with van der Waals surface area (Å²) in [7, 11) is 0. The van der Waals surface area contributed by atoms with Gasteiger partial charge in [-0.05, 0) is 50.6 Å². The summed E-state index contributed by atoms with van der Waals surface area (Å²) >= 11 is 0. The molecule has 0 bridgehead atoms. The molecule has 1 heterocycles. The van der Waals surface area contributed by atoms with Crippen molar-refractivity contribution in [1.29, 1.82) is 0 Å². The fourth-order valence-electron chi connectivity index (χ4n) is 2.14. The summed E-state index contributed by atoms with van der Waals surface area (Å²) in [4.78, 5) is 22.5. The molecule has 20 heavy (non-hydrogen) atoms. The summed E-state index contributed by atoms with van der Waals surface area (Å²) in [6.07, 6.45) is 1.81. The molecule has 1 aliphatic rings. The normalized spacial score (nSPS) is 21.4. The Morgan fingerprint density at radius 3 is 2.65 bits per heavy atom. The number of anilines is 1. The molecule has 0 aliphatic carbocycles. The Kier molecular flexibility index (Phi) is 4.24. The van der Waals surface area contributed by atoms with Crippen LogP contribution in [-0.4, -0.2) is 35.7 Å². The van der Waals surface area contributed by atoms with E-state index in [1.807, 2.05) is 6.92 Å². The standard InChI is InChI=1S/C14H18N2O4/c1-14(7-2-8-15-14)13(19)16-10-3-5-11(6-4-10)20-9-12(17)18/h3-6,15H,2,7-9H2,1H3,(H,16,19)(H,17,18). The Bertz CT molecular complexity index is 492. The molecule has 108 valence electrons. The minimum atomic E-state index is -1.03. The van der Waals surface area contributed by atoms with Gasteiger partial charge in [-0.25, -0.2) is 4.79 Å². The van der Waals surface area contributed by atoms with Gasteiger partial charge in [0.1, 0.15) is 5.75 Å². The third kappa shape index (κ3) is 3.48. The van der Waals surface area contributed by atoms with Crippen LogP contribution in [0.5, 0.6) is 5.75 Å². The maximum atomic E-state index is 12.2. The van der Waals surface area contributed by atoms with E-state index >= 15 is 0 Å². The van der Waals surface area contributed by atoms with Crippen molar-refractivity contribution in [3.8, 4) is 5.75 Å². The first-order chi connectivity index (χ1) is 9.49. The highest BCUT2D eigenvalue weighted by atomic mass is 16.5. The number of ether oxygens (including phenoxy) is 1. The summed E-state index contributed by atoms with van der Waals surface area (Å²) in [5.41, 5.74) is 0.144. The highest BCUT2D eigenvalue weighted by molar-refractivity contribution is 5.98. The molecule has 1 atom stereocenters. The van der Waals surface area contributed by atoms with E-state index in [9.17, 15) is 9.59 Å². The maximum absolute atomic E-state index is 12.2. The Labute approximate surface area is 117 Å². The zero-order valence-corrected chi connectivity index (χ0v) is 11.3. The van der Waals surface area contributed by atoms with Crippen LogP contribution in [0.25, 0.3) is 0 Å². The number of amides is 1. The highest BCUT2D eigenvalue weighted by Crippen LogP contribution is 2.22. The third-order valence-electron chi connectivity index (χ3n) is 3.34. The molecule has 0 spiro atoms. The lowest BCUT2D eigenvalue weighted by Gasteiger charge is -2.23. The van der Waals surface area contributed by atoms with Crippen LogP contribution in [0.1, 0.15) is 19.8 Å². The van der Waals surface area contributed by atoms with Gasteiger partial charge in [0.05, 0.1) is 5.54 Å². The average Bonchev–Trinajstić information content (AvgIpc) is 2.86. The molecule has 1 aromatic rings. The second-order valence-corrected chi connectivity index (χ2v) is 5.02. The van der Waals surface area contributed by atoms with E-state index in [1.54, 1.807) is 24.3 Å². The molecule has 1 amide bonds. The largest absolute Gasteiger partial charge is 0.482 e. The van der Waals surface area contributed by atoms with E-state index in [0.29, 0.717) is 11.4 Å². The van der Waals surface area contributed by atoms with Crippen molar-refractivity contribution in [2.45, 2.75) is 25.3 Å². The molecule has 6 heteroatoms. The fraction of sp³-hybridized carbons (Fsp3) is 0.429. The molecule has 2 rings (SSSR count). The Hall–Kier alpha value is -2.08. The van der Waals surface area contributed by atoms with Gasteiger partial charge in [0.15, 0.2) is 6.61 Å². The summed E-state index contributed by atoms with van der Waals surface area (Å²) in [6.45, 7) is 2.36. The smallest absolute Gasteiger partial charge is 0.341 e. The van der Waals surface area contributed by atoms with Crippen LogP contribution in [0.4, 0.5) is 5.69 Å². The summed E-state index contributed by atoms with van der Waals surface area (Å²) in [5, 5.41) is 14.5. The fourth-order valence-corrected chi connectivity index (χ4v) is 2.14. The third-order valence-corrected chi connectivity index (χ3v) is 3.34. The molecule has 1 saturated heterocycles. The van der Waals surface area contributed by atoms with E-state index in [1.165, 1.54) is 0 Å². The number of carboxylic acid groups (broad SMARTS) is 1. The quantitative estimate of drug-likeness (QED) is 0.754. The SMILES string of the molecule is CC1(C(=O)Nc2ccc(OCC(=O)O)cc2)CCCN1. The van der Waals surface area contributed by atoms with Gasteiger partial charge in [-0.2, -0.15) is 0 Å². The molecule has 0 saturated carbocycles. The van der Waals surface area contributed by atoms with E-state index < -0.39 is 11.5 Å². The zero-order chi connectivity index (χ0) is 14.6. The van der Waals surface area contributed by atoms with Crippen LogP contribution in [0, 0.1) is 0 Å². The van der Waals surface area contributed by atoms with Gasteiger partial charge in [0.2, 0.25) is 5.91 Å². The van der Waals surface area contributed by atoms with Crippen LogP contribution in [0.3, 0.4) is 0 Å². The lowest BCUT2D eigenvalue weighted by Crippen LogP contribution is -2.47. The minimum Gasteiger partial charge on any atom is -0.482 e. The van der Waals surface area contributed by atoms with Crippen LogP contribution in [0.2, 0.25) is 0 Å². The lowest BCUT2D eigenvalue weighted by molar-refractivity contribution is -0.139. The number of hydrogen-bond acceptors (Lipinski definition) is 4. The Balaban J connectivity index is 1.93. The number of carbonyl (C=O) groups is 2. The van der Waals surface area contributed by atoms with E-state index in [2.05, 4.69) is 10.6 Å². The zero-order valence-electron chi connectivity index (χ0n) is 11.3. The summed E-state index contributed by atoms with van der Waals surface area (Å²) in [5.74, 6) is -0.632. The topological polar surface area (TPSA) is 87.7 Å². The summed E-state index contributed by atoms with van der Waals surface area (Å²) in [6, 6.07) is 6.63. The molecule has 1 unspecified atom stereocenters. The maximum Gasteiger partial charge on any atom is 0.341 e. The number of carboxylic acids is 1.